The van der Waals surface area contributed by atoms with E-state index >= 15 is 0 Å². The number of nitrogens with one attached hydrogen (secondary N) is 1. The molecule has 0 spiro atoms. The van der Waals surface area contributed by atoms with E-state index in [-0.39, 0.29) is 23.8 Å². The second-order valence-corrected chi connectivity index (χ2v) is 6.35. The third-order valence-electron chi connectivity index (χ3n) is 4.61. The van der Waals surface area contributed by atoms with E-state index in [9.17, 15) is 9.90 Å². The molecule has 0 saturated heterocycles. The molecule has 1 aliphatic rings. The fraction of sp³-hybridized carbons (Fsp3) is 0.611. The van der Waals surface area contributed by atoms with Gasteiger partial charge in [-0.25, -0.2) is 5.43 Å². The van der Waals surface area contributed by atoms with E-state index < -0.39 is 0 Å². The molecule has 2 rings (SSSR count). The molecule has 0 aliphatic heterocycles. The summed E-state index contributed by atoms with van der Waals surface area (Å²) in [7, 11) is 0. The van der Waals surface area contributed by atoms with Gasteiger partial charge in [-0.15, -0.1) is 0 Å². The van der Waals surface area contributed by atoms with Gasteiger partial charge in [0.15, 0.2) is 0 Å². The first-order chi connectivity index (χ1) is 11.2. The number of hydrogen-bond donors (Lipinski definition) is 2. The maximum atomic E-state index is 12.0. The van der Waals surface area contributed by atoms with E-state index in [0.29, 0.717) is 6.42 Å². The van der Waals surface area contributed by atoms with Crippen molar-refractivity contribution in [3.63, 3.8) is 0 Å². The summed E-state index contributed by atoms with van der Waals surface area (Å²) in [5, 5.41) is 14.1. The summed E-state index contributed by atoms with van der Waals surface area (Å²) in [4.78, 5) is 16.0. The number of unbranched alkanes of at least 4 members (excludes halogenated alkanes) is 2. The van der Waals surface area contributed by atoms with Crippen molar-refractivity contribution in [2.24, 2.45) is 16.9 Å². The van der Waals surface area contributed by atoms with Crippen LogP contribution in [0.25, 0.3) is 0 Å². The molecule has 5 heteroatoms. The van der Waals surface area contributed by atoms with Crippen LogP contribution in [0, 0.1) is 11.8 Å². The van der Waals surface area contributed by atoms with Crippen molar-refractivity contribution < 1.29 is 9.90 Å². The number of carbonyl (C=O) groups is 1. The van der Waals surface area contributed by atoms with Crippen LogP contribution < -0.4 is 5.43 Å². The summed E-state index contributed by atoms with van der Waals surface area (Å²) in [6, 6.07) is 3.70. The van der Waals surface area contributed by atoms with E-state index in [0.717, 1.165) is 31.2 Å². The molecule has 1 aromatic heterocycles. The lowest BCUT2D eigenvalue weighted by Crippen LogP contribution is -2.25. The van der Waals surface area contributed by atoms with E-state index in [1.807, 2.05) is 12.1 Å². The zero-order chi connectivity index (χ0) is 16.5. The Balaban J connectivity index is 1.78. The minimum atomic E-state index is -0.247. The van der Waals surface area contributed by atoms with Crippen LogP contribution in [0.3, 0.4) is 0 Å². The summed E-state index contributed by atoms with van der Waals surface area (Å²) in [5.74, 6) is 0.454. The van der Waals surface area contributed by atoms with Crippen molar-refractivity contribution in [1.82, 2.24) is 10.4 Å². The zero-order valence-electron chi connectivity index (χ0n) is 13.8. The first-order valence-electron chi connectivity index (χ1n) is 8.60. The Labute approximate surface area is 138 Å². The van der Waals surface area contributed by atoms with Crippen LogP contribution in [0.1, 0.15) is 57.4 Å². The Morgan fingerprint density at radius 2 is 2.35 bits per heavy atom. The highest BCUT2D eigenvalue weighted by atomic mass is 16.3. The predicted molar refractivity (Wildman–Crippen MR) is 91.0 cm³/mol. The highest BCUT2D eigenvalue weighted by molar-refractivity contribution is 5.82. The van der Waals surface area contributed by atoms with E-state index in [4.69, 9.17) is 0 Å². The molecule has 23 heavy (non-hydrogen) atoms. The van der Waals surface area contributed by atoms with Crippen LogP contribution in [0.15, 0.2) is 29.6 Å². The van der Waals surface area contributed by atoms with Crippen molar-refractivity contribution in [2.75, 3.05) is 0 Å². The monoisotopic (exact) mass is 317 g/mol. The van der Waals surface area contributed by atoms with Gasteiger partial charge in [0.25, 0.3) is 0 Å². The maximum Gasteiger partial charge on any atom is 0.240 e. The molecular weight excluding hydrogens is 290 g/mol. The van der Waals surface area contributed by atoms with Gasteiger partial charge in [-0.2, -0.15) is 5.10 Å². The van der Waals surface area contributed by atoms with Crippen LogP contribution in [0.5, 0.6) is 0 Å². The third kappa shape index (κ3) is 5.75. The van der Waals surface area contributed by atoms with Gasteiger partial charge < -0.3 is 5.11 Å². The van der Waals surface area contributed by atoms with Gasteiger partial charge in [0, 0.05) is 24.4 Å². The summed E-state index contributed by atoms with van der Waals surface area (Å²) >= 11 is 0. The molecule has 5 nitrogen and oxygen atoms in total. The quantitative estimate of drug-likeness (QED) is 0.440. The van der Waals surface area contributed by atoms with E-state index in [2.05, 4.69) is 22.4 Å². The standard InChI is InChI=1S/C18H27N3O2/c1-2-3-4-7-16-15(8-9-17(16)22)11-18(23)21-20-13-14-6-5-10-19-12-14/h5-6,10,12-13,15-17,22H,2-4,7-9,11H2,1H3,(H,21,23)/b20-13-/t15-,16-,17-/m0/s1. The molecule has 0 unspecified atom stereocenters. The van der Waals surface area contributed by atoms with Gasteiger partial charge in [0.2, 0.25) is 5.91 Å². The highest BCUT2D eigenvalue weighted by Gasteiger charge is 2.35. The molecule has 2 N–H and O–H groups in total. The van der Waals surface area contributed by atoms with Gasteiger partial charge in [-0.05, 0) is 37.2 Å². The number of pyridine rings is 1. The van der Waals surface area contributed by atoms with Crippen molar-refractivity contribution in [1.29, 1.82) is 0 Å². The molecule has 1 aromatic rings. The smallest absolute Gasteiger partial charge is 0.240 e. The number of carbonyl (C=O) groups excluding carboxylic acids is 1. The van der Waals surface area contributed by atoms with Crippen molar-refractivity contribution in [3.05, 3.63) is 30.1 Å². The van der Waals surface area contributed by atoms with E-state index in [1.54, 1.807) is 18.6 Å². The lowest BCUT2D eigenvalue weighted by atomic mass is 9.87. The first kappa shape index (κ1) is 17.6. The number of hydrazone groups is 1. The molecule has 1 amide bonds. The van der Waals surface area contributed by atoms with Crippen molar-refractivity contribution in [3.8, 4) is 0 Å². The third-order valence-corrected chi connectivity index (χ3v) is 4.61. The predicted octanol–water partition coefficient (Wildman–Crippen LogP) is 2.89. The Bertz CT molecular complexity index is 504. The number of amides is 1. The highest BCUT2D eigenvalue weighted by Crippen LogP contribution is 2.37. The second-order valence-electron chi connectivity index (χ2n) is 6.35. The molecular formula is C18H27N3O2. The lowest BCUT2D eigenvalue weighted by molar-refractivity contribution is -0.122. The molecule has 1 fully saturated rings. The van der Waals surface area contributed by atoms with Crippen molar-refractivity contribution >= 4 is 12.1 Å². The van der Waals surface area contributed by atoms with Gasteiger partial charge in [0.1, 0.15) is 0 Å². The molecule has 0 bridgehead atoms. The largest absolute Gasteiger partial charge is 0.393 e. The number of aliphatic hydroxyl groups excluding tert-OH is 1. The van der Waals surface area contributed by atoms with Gasteiger partial charge >= 0.3 is 0 Å². The van der Waals surface area contributed by atoms with Gasteiger partial charge in [-0.3, -0.25) is 9.78 Å². The number of hydrogen-bond acceptors (Lipinski definition) is 4. The van der Waals surface area contributed by atoms with Crippen LogP contribution in [-0.2, 0) is 4.79 Å². The normalized spacial score (nSPS) is 24.2. The van der Waals surface area contributed by atoms with Crippen LogP contribution in [0.2, 0.25) is 0 Å². The second kappa shape index (κ2) is 9.40. The lowest BCUT2D eigenvalue weighted by Gasteiger charge is -2.21. The number of nitrogens with zero attached hydrogens (tertiary/aromatic N) is 2. The SMILES string of the molecule is CCCCC[C@H]1[C@H](CC(=O)N/N=C\c2cccnc2)CC[C@@H]1O. The maximum absolute atomic E-state index is 12.0. The fourth-order valence-electron chi connectivity index (χ4n) is 3.35. The molecule has 1 aliphatic carbocycles. The number of rotatable bonds is 8. The molecule has 0 radical (unpaired) electrons. The Hall–Kier alpha value is -1.75. The molecule has 126 valence electrons. The topological polar surface area (TPSA) is 74.6 Å². The average molecular weight is 317 g/mol. The zero-order valence-corrected chi connectivity index (χ0v) is 13.8. The Morgan fingerprint density at radius 1 is 1.48 bits per heavy atom. The van der Waals surface area contributed by atoms with Crippen LogP contribution in [0.4, 0.5) is 0 Å². The molecule has 0 aromatic carbocycles. The molecule has 1 heterocycles. The summed E-state index contributed by atoms with van der Waals surface area (Å²) in [5.41, 5.74) is 3.43. The van der Waals surface area contributed by atoms with Crippen LogP contribution in [-0.4, -0.2) is 28.3 Å². The van der Waals surface area contributed by atoms with Crippen LogP contribution >= 0.6 is 0 Å². The summed E-state index contributed by atoms with van der Waals surface area (Å²) < 4.78 is 0. The Morgan fingerprint density at radius 3 is 3.09 bits per heavy atom. The molecule has 1 saturated carbocycles. The van der Waals surface area contributed by atoms with Gasteiger partial charge in [-0.1, -0.05) is 32.3 Å². The number of aromatic nitrogens is 1. The van der Waals surface area contributed by atoms with Crippen molar-refractivity contribution in [2.45, 2.75) is 58.0 Å². The summed E-state index contributed by atoms with van der Waals surface area (Å²) in [6.45, 7) is 2.18. The van der Waals surface area contributed by atoms with Gasteiger partial charge in [0.05, 0.1) is 12.3 Å². The minimum Gasteiger partial charge on any atom is -0.393 e. The average Bonchev–Trinajstić information content (AvgIpc) is 2.89. The summed E-state index contributed by atoms with van der Waals surface area (Å²) in [6.07, 6.45) is 11.4. The van der Waals surface area contributed by atoms with E-state index in [1.165, 1.54) is 12.8 Å². The fourth-order valence-corrected chi connectivity index (χ4v) is 3.35. The first-order valence-corrected chi connectivity index (χ1v) is 8.60. The number of aliphatic hydroxyl groups is 1. The Kier molecular flexibility index (Phi) is 7.20. The minimum absolute atomic E-state index is 0.0790. The molecule has 3 atom stereocenters.